The van der Waals surface area contributed by atoms with Crippen LogP contribution in [0.3, 0.4) is 0 Å². The van der Waals surface area contributed by atoms with Crippen LogP contribution in [0.5, 0.6) is 0 Å². The Morgan fingerprint density at radius 3 is 2.59 bits per heavy atom. The molecule has 27 heavy (non-hydrogen) atoms. The lowest BCUT2D eigenvalue weighted by Crippen LogP contribution is -2.30. The van der Waals surface area contributed by atoms with Gasteiger partial charge in [0.15, 0.2) is 0 Å². The smallest absolute Gasteiger partial charge is 0.352 e. The van der Waals surface area contributed by atoms with Crippen LogP contribution >= 0.6 is 0 Å². The first-order valence-corrected chi connectivity index (χ1v) is 8.92. The van der Waals surface area contributed by atoms with Crippen molar-refractivity contribution in [3.05, 3.63) is 46.8 Å². The number of carbonyl (C=O) groups excluding carboxylic acids is 1. The van der Waals surface area contributed by atoms with Crippen molar-refractivity contribution in [3.8, 4) is 5.69 Å². The Morgan fingerprint density at radius 1 is 1.30 bits per heavy atom. The lowest BCUT2D eigenvalue weighted by atomic mass is 10.0. The molecule has 1 saturated carbocycles. The molecule has 1 amide bonds. The Hall–Kier alpha value is -2.35. The summed E-state index contributed by atoms with van der Waals surface area (Å²) in [7, 11) is 0. The molecular weight excluding hydrogens is 357 g/mol. The van der Waals surface area contributed by atoms with E-state index in [1.165, 1.54) is 10.7 Å². The number of rotatable bonds is 4. The van der Waals surface area contributed by atoms with Gasteiger partial charge in [-0.05, 0) is 56.9 Å². The Morgan fingerprint density at radius 2 is 2.04 bits per heavy atom. The molecule has 8 heteroatoms. The molecule has 146 valence electrons. The van der Waals surface area contributed by atoms with Crippen LogP contribution in [-0.4, -0.2) is 21.7 Å². The minimum absolute atomic E-state index is 0.00784. The third-order valence-electron chi connectivity index (χ3n) is 4.95. The second kappa shape index (κ2) is 7.34. The largest absolute Gasteiger partial charge is 0.416 e. The fourth-order valence-corrected chi connectivity index (χ4v) is 3.59. The van der Waals surface area contributed by atoms with Gasteiger partial charge < -0.3 is 11.1 Å². The van der Waals surface area contributed by atoms with Gasteiger partial charge in [-0.15, -0.1) is 0 Å². The topological polar surface area (TPSA) is 72.9 Å². The van der Waals surface area contributed by atoms with E-state index in [1.807, 2.05) is 0 Å². The van der Waals surface area contributed by atoms with E-state index >= 15 is 0 Å². The number of nitrogens with one attached hydrogen (secondary N) is 1. The van der Waals surface area contributed by atoms with Crippen molar-refractivity contribution in [2.45, 2.75) is 51.9 Å². The first-order valence-electron chi connectivity index (χ1n) is 8.92. The van der Waals surface area contributed by atoms with Crippen LogP contribution < -0.4 is 11.1 Å². The minimum atomic E-state index is -4.53. The highest BCUT2D eigenvalue weighted by atomic mass is 19.4. The number of nitrogens with two attached hydrogens (primary N) is 1. The average Bonchev–Trinajstić information content (AvgIpc) is 3.17. The normalized spacial score (nSPS) is 20.1. The van der Waals surface area contributed by atoms with Crippen molar-refractivity contribution < 1.29 is 18.0 Å². The summed E-state index contributed by atoms with van der Waals surface area (Å²) in [5, 5.41) is 6.87. The SMILES string of the molecule is Cc1cc(C)n(-c2ccc(CNC(=O)C3CCC(N)C3)c(C(F)(F)F)c2)n1. The zero-order valence-corrected chi connectivity index (χ0v) is 15.3. The van der Waals surface area contributed by atoms with Crippen LogP contribution in [0.4, 0.5) is 13.2 Å². The zero-order chi connectivity index (χ0) is 19.8. The number of nitrogens with zero attached hydrogens (tertiary/aromatic N) is 2. The number of aromatic nitrogens is 2. The molecule has 1 heterocycles. The molecule has 0 bridgehead atoms. The molecule has 2 unspecified atom stereocenters. The summed E-state index contributed by atoms with van der Waals surface area (Å²) in [6.07, 6.45) is -2.50. The molecule has 1 aliphatic rings. The fourth-order valence-electron chi connectivity index (χ4n) is 3.59. The molecule has 3 rings (SSSR count). The molecule has 3 N–H and O–H groups in total. The lowest BCUT2D eigenvalue weighted by Gasteiger charge is -2.17. The van der Waals surface area contributed by atoms with Crippen LogP contribution in [0, 0.1) is 19.8 Å². The maximum atomic E-state index is 13.6. The monoisotopic (exact) mass is 380 g/mol. The Labute approximate surface area is 155 Å². The van der Waals surface area contributed by atoms with Gasteiger partial charge in [0.2, 0.25) is 5.91 Å². The van der Waals surface area contributed by atoms with Gasteiger partial charge in [-0.25, -0.2) is 4.68 Å². The van der Waals surface area contributed by atoms with Crippen molar-refractivity contribution >= 4 is 5.91 Å². The van der Waals surface area contributed by atoms with Crippen LogP contribution in [0.15, 0.2) is 24.3 Å². The molecule has 1 aliphatic carbocycles. The van der Waals surface area contributed by atoms with Gasteiger partial charge in [0.05, 0.1) is 16.9 Å². The van der Waals surface area contributed by atoms with Crippen LogP contribution in [0.2, 0.25) is 0 Å². The van der Waals surface area contributed by atoms with Gasteiger partial charge >= 0.3 is 6.18 Å². The van der Waals surface area contributed by atoms with Crippen molar-refractivity contribution in [2.75, 3.05) is 0 Å². The Balaban J connectivity index is 1.82. The summed E-state index contributed by atoms with van der Waals surface area (Å²) in [6.45, 7) is 3.40. The number of halogens is 3. The Bertz CT molecular complexity index is 844. The first-order chi connectivity index (χ1) is 12.6. The molecule has 1 fully saturated rings. The predicted octanol–water partition coefficient (Wildman–Crippen LogP) is 3.25. The van der Waals surface area contributed by atoms with E-state index in [0.717, 1.165) is 23.9 Å². The van der Waals surface area contributed by atoms with E-state index in [4.69, 9.17) is 5.73 Å². The van der Waals surface area contributed by atoms with Crippen molar-refractivity contribution in [1.29, 1.82) is 0 Å². The highest BCUT2D eigenvalue weighted by Crippen LogP contribution is 2.34. The van der Waals surface area contributed by atoms with Gasteiger partial charge in [-0.3, -0.25) is 4.79 Å². The molecular formula is C19H23F3N4O. The third kappa shape index (κ3) is 4.32. The average molecular weight is 380 g/mol. The summed E-state index contributed by atoms with van der Waals surface area (Å²) < 4.78 is 42.2. The number of carbonyl (C=O) groups is 1. The number of aryl methyl sites for hydroxylation is 2. The molecule has 2 atom stereocenters. The fraction of sp³-hybridized carbons (Fsp3) is 0.474. The van der Waals surface area contributed by atoms with E-state index in [2.05, 4.69) is 10.4 Å². The van der Waals surface area contributed by atoms with Gasteiger partial charge in [-0.1, -0.05) is 6.07 Å². The lowest BCUT2D eigenvalue weighted by molar-refractivity contribution is -0.138. The molecule has 1 aromatic heterocycles. The molecule has 5 nitrogen and oxygen atoms in total. The second-order valence-electron chi connectivity index (χ2n) is 7.17. The summed E-state index contributed by atoms with van der Waals surface area (Å²) in [5.41, 5.74) is 6.88. The van der Waals surface area contributed by atoms with Crippen LogP contribution in [0.25, 0.3) is 5.69 Å². The van der Waals surface area contributed by atoms with E-state index in [0.29, 0.717) is 18.5 Å². The number of amides is 1. The van der Waals surface area contributed by atoms with E-state index in [1.54, 1.807) is 26.0 Å². The van der Waals surface area contributed by atoms with Gasteiger partial charge in [0.1, 0.15) is 0 Å². The van der Waals surface area contributed by atoms with Gasteiger partial charge in [0, 0.05) is 24.2 Å². The highest BCUT2D eigenvalue weighted by molar-refractivity contribution is 5.79. The van der Waals surface area contributed by atoms with Gasteiger partial charge in [-0.2, -0.15) is 18.3 Å². The standard InChI is InChI=1S/C19H23F3N4O/c1-11-7-12(2)26(25-11)16-6-4-14(17(9-16)19(20,21)22)10-24-18(27)13-3-5-15(23)8-13/h4,6-7,9,13,15H,3,5,8,10,23H2,1-2H3,(H,24,27). The first kappa shape index (κ1) is 19.4. The molecule has 2 aromatic rings. The summed E-state index contributed by atoms with van der Waals surface area (Å²) >= 11 is 0. The third-order valence-corrected chi connectivity index (χ3v) is 4.95. The summed E-state index contributed by atoms with van der Waals surface area (Å²) in [4.78, 5) is 12.2. The molecule has 1 aromatic carbocycles. The number of hydrogen-bond donors (Lipinski definition) is 2. The highest BCUT2D eigenvalue weighted by Gasteiger charge is 2.34. The zero-order valence-electron chi connectivity index (χ0n) is 15.3. The molecule has 0 spiro atoms. The van der Waals surface area contributed by atoms with E-state index < -0.39 is 11.7 Å². The van der Waals surface area contributed by atoms with Crippen molar-refractivity contribution in [2.24, 2.45) is 11.7 Å². The maximum absolute atomic E-state index is 13.6. The van der Waals surface area contributed by atoms with Crippen molar-refractivity contribution in [3.63, 3.8) is 0 Å². The number of alkyl halides is 3. The second-order valence-corrected chi connectivity index (χ2v) is 7.17. The maximum Gasteiger partial charge on any atom is 0.416 e. The van der Waals surface area contributed by atoms with Crippen LogP contribution in [0.1, 0.15) is 41.8 Å². The van der Waals surface area contributed by atoms with E-state index in [-0.39, 0.29) is 30.0 Å². The van der Waals surface area contributed by atoms with Gasteiger partial charge in [0.25, 0.3) is 0 Å². The molecule has 0 saturated heterocycles. The number of benzene rings is 1. The quantitative estimate of drug-likeness (QED) is 0.855. The minimum Gasteiger partial charge on any atom is -0.352 e. The Kier molecular flexibility index (Phi) is 5.28. The van der Waals surface area contributed by atoms with E-state index in [9.17, 15) is 18.0 Å². The van der Waals surface area contributed by atoms with Crippen molar-refractivity contribution in [1.82, 2.24) is 15.1 Å². The predicted molar refractivity (Wildman–Crippen MR) is 95.2 cm³/mol. The summed E-state index contributed by atoms with van der Waals surface area (Å²) in [5.74, 6) is -0.456. The molecule has 0 aliphatic heterocycles. The summed E-state index contributed by atoms with van der Waals surface area (Å²) in [6, 6.07) is 5.85. The van der Waals surface area contributed by atoms with Crippen LogP contribution in [-0.2, 0) is 17.5 Å². The number of hydrogen-bond acceptors (Lipinski definition) is 3. The molecule has 0 radical (unpaired) electrons.